The minimum absolute atomic E-state index is 0.210. The molecule has 0 saturated carbocycles. The Balaban J connectivity index is 1.58. The van der Waals surface area contributed by atoms with Crippen LogP contribution in [-0.4, -0.2) is 40.8 Å². The number of ether oxygens (including phenoxy) is 2. The normalized spacial score (nSPS) is 11.1. The summed E-state index contributed by atoms with van der Waals surface area (Å²) in [5, 5.41) is 11.5. The Morgan fingerprint density at radius 2 is 2.18 bits per heavy atom. The Morgan fingerprint density at radius 1 is 1.32 bits per heavy atom. The summed E-state index contributed by atoms with van der Waals surface area (Å²) in [6, 6.07) is 9.19. The highest BCUT2D eigenvalue weighted by Gasteiger charge is 2.11. The van der Waals surface area contributed by atoms with Crippen LogP contribution in [0, 0.1) is 0 Å². The number of nitrogens with one attached hydrogen (secondary N) is 1. The Labute approximate surface area is 167 Å². The zero-order valence-electron chi connectivity index (χ0n) is 15.7. The predicted molar refractivity (Wildman–Crippen MR) is 108 cm³/mol. The van der Waals surface area contributed by atoms with E-state index >= 15 is 0 Å². The van der Waals surface area contributed by atoms with Gasteiger partial charge in [0, 0.05) is 25.2 Å². The van der Waals surface area contributed by atoms with Gasteiger partial charge in [-0.1, -0.05) is 17.7 Å². The van der Waals surface area contributed by atoms with Crippen LogP contribution < -0.4 is 14.8 Å². The third-order valence-electron chi connectivity index (χ3n) is 4.00. The number of halogens is 1. The number of carbonyl (C=O) groups excluding carboxylic acids is 1. The molecule has 28 heavy (non-hydrogen) atoms. The first kappa shape index (κ1) is 19.7. The number of methoxy groups -OCH3 is 1. The second-order valence-electron chi connectivity index (χ2n) is 5.89. The number of hydrogen-bond acceptors (Lipinski definition) is 5. The van der Waals surface area contributed by atoms with Gasteiger partial charge in [0.15, 0.2) is 17.1 Å². The van der Waals surface area contributed by atoms with Gasteiger partial charge in [-0.3, -0.25) is 9.20 Å². The van der Waals surface area contributed by atoms with Crippen molar-refractivity contribution in [1.29, 1.82) is 0 Å². The summed E-state index contributed by atoms with van der Waals surface area (Å²) in [7, 11) is 1.54. The van der Waals surface area contributed by atoms with Gasteiger partial charge in [0.05, 0.1) is 18.7 Å². The van der Waals surface area contributed by atoms with Crippen LogP contribution >= 0.6 is 11.6 Å². The van der Waals surface area contributed by atoms with Crippen LogP contribution in [0.2, 0.25) is 5.02 Å². The molecule has 8 heteroatoms. The van der Waals surface area contributed by atoms with Crippen LogP contribution in [0.5, 0.6) is 11.5 Å². The fourth-order valence-corrected chi connectivity index (χ4v) is 2.98. The van der Waals surface area contributed by atoms with Gasteiger partial charge >= 0.3 is 0 Å². The van der Waals surface area contributed by atoms with Gasteiger partial charge in [-0.15, -0.1) is 10.2 Å². The Hall–Kier alpha value is -3.06. The van der Waals surface area contributed by atoms with Crippen molar-refractivity contribution in [2.24, 2.45) is 0 Å². The number of aromatic nitrogens is 3. The van der Waals surface area contributed by atoms with Gasteiger partial charge in [-0.05, 0) is 42.8 Å². The molecule has 0 aliphatic heterocycles. The quantitative estimate of drug-likeness (QED) is 0.588. The molecule has 0 unspecified atom stereocenters. The zero-order valence-corrected chi connectivity index (χ0v) is 16.4. The molecular formula is C20H21ClN4O3. The molecule has 1 amide bonds. The molecule has 1 N–H and O–H groups in total. The highest BCUT2D eigenvalue weighted by Crippen LogP contribution is 2.36. The lowest BCUT2D eigenvalue weighted by Crippen LogP contribution is -2.24. The number of nitrogens with zero attached hydrogens (tertiary/aromatic N) is 3. The lowest BCUT2D eigenvalue weighted by atomic mass is 10.2. The predicted octanol–water partition coefficient (Wildman–Crippen LogP) is 3.16. The van der Waals surface area contributed by atoms with E-state index in [1.165, 1.54) is 6.08 Å². The molecular weight excluding hydrogens is 380 g/mol. The topological polar surface area (TPSA) is 77.8 Å². The summed E-state index contributed by atoms with van der Waals surface area (Å²) in [6.45, 7) is 2.80. The number of carbonyl (C=O) groups is 1. The van der Waals surface area contributed by atoms with E-state index in [0.29, 0.717) is 36.1 Å². The van der Waals surface area contributed by atoms with Crippen molar-refractivity contribution in [3.05, 3.63) is 59.0 Å². The molecule has 0 aliphatic carbocycles. The highest BCUT2D eigenvalue weighted by atomic mass is 35.5. The van der Waals surface area contributed by atoms with Gasteiger partial charge < -0.3 is 14.8 Å². The summed E-state index contributed by atoms with van der Waals surface area (Å²) < 4.78 is 12.7. The SMILES string of the molecule is CCOc1c(Cl)cc(/C=C/C(=O)NCCc2nnc3ccccn23)cc1OC. The van der Waals surface area contributed by atoms with Crippen molar-refractivity contribution in [2.45, 2.75) is 13.3 Å². The highest BCUT2D eigenvalue weighted by molar-refractivity contribution is 6.32. The number of pyridine rings is 1. The van der Waals surface area contributed by atoms with E-state index in [-0.39, 0.29) is 5.91 Å². The maximum atomic E-state index is 12.1. The van der Waals surface area contributed by atoms with Gasteiger partial charge in [0.2, 0.25) is 5.91 Å². The van der Waals surface area contributed by atoms with E-state index < -0.39 is 0 Å². The van der Waals surface area contributed by atoms with E-state index in [1.54, 1.807) is 25.3 Å². The van der Waals surface area contributed by atoms with Gasteiger partial charge in [-0.2, -0.15) is 0 Å². The molecule has 7 nitrogen and oxygen atoms in total. The van der Waals surface area contributed by atoms with Crippen molar-refractivity contribution in [3.8, 4) is 11.5 Å². The van der Waals surface area contributed by atoms with Crippen LogP contribution in [0.4, 0.5) is 0 Å². The fraction of sp³-hybridized carbons (Fsp3) is 0.250. The summed E-state index contributed by atoms with van der Waals surface area (Å²) >= 11 is 6.24. The van der Waals surface area contributed by atoms with Gasteiger partial charge in [0.1, 0.15) is 5.82 Å². The Bertz CT molecular complexity index is 1000. The largest absolute Gasteiger partial charge is 0.493 e. The Kier molecular flexibility index (Phi) is 6.49. The molecule has 2 heterocycles. The molecule has 0 fully saturated rings. The number of fused-ring (bicyclic) bond motifs is 1. The van der Waals surface area contributed by atoms with Crippen LogP contribution in [0.15, 0.2) is 42.6 Å². The van der Waals surface area contributed by atoms with Gasteiger partial charge in [0.25, 0.3) is 0 Å². The third-order valence-corrected chi connectivity index (χ3v) is 4.28. The molecule has 0 aliphatic rings. The number of benzene rings is 1. The van der Waals surface area contributed by atoms with Crippen molar-refractivity contribution in [2.75, 3.05) is 20.3 Å². The number of rotatable bonds is 8. The molecule has 0 bridgehead atoms. The summed E-state index contributed by atoms with van der Waals surface area (Å²) in [5.74, 6) is 1.60. The second kappa shape index (κ2) is 9.23. The van der Waals surface area contributed by atoms with Crippen LogP contribution in [0.1, 0.15) is 18.3 Å². The molecule has 1 aromatic carbocycles. The monoisotopic (exact) mass is 400 g/mol. The average molecular weight is 401 g/mol. The first-order valence-corrected chi connectivity index (χ1v) is 9.25. The summed E-state index contributed by atoms with van der Waals surface area (Å²) in [6.07, 6.45) is 5.60. The summed E-state index contributed by atoms with van der Waals surface area (Å²) in [5.41, 5.74) is 1.52. The molecule has 146 valence electrons. The van der Waals surface area contributed by atoms with Crippen molar-refractivity contribution >= 4 is 29.2 Å². The molecule has 2 aromatic heterocycles. The number of hydrogen-bond donors (Lipinski definition) is 1. The minimum atomic E-state index is -0.210. The number of amides is 1. The molecule has 0 atom stereocenters. The third kappa shape index (κ3) is 4.61. The lowest BCUT2D eigenvalue weighted by molar-refractivity contribution is -0.116. The van der Waals surface area contributed by atoms with E-state index in [4.69, 9.17) is 21.1 Å². The minimum Gasteiger partial charge on any atom is -0.493 e. The van der Waals surface area contributed by atoms with Crippen molar-refractivity contribution in [1.82, 2.24) is 19.9 Å². The fourth-order valence-electron chi connectivity index (χ4n) is 2.71. The van der Waals surface area contributed by atoms with Gasteiger partial charge in [-0.25, -0.2) is 0 Å². The smallest absolute Gasteiger partial charge is 0.244 e. The molecule has 0 spiro atoms. The molecule has 3 rings (SSSR count). The lowest BCUT2D eigenvalue weighted by Gasteiger charge is -2.11. The zero-order chi connectivity index (χ0) is 19.9. The molecule has 0 saturated heterocycles. The maximum Gasteiger partial charge on any atom is 0.244 e. The van der Waals surface area contributed by atoms with E-state index in [9.17, 15) is 4.79 Å². The first-order chi connectivity index (χ1) is 13.6. The van der Waals surface area contributed by atoms with E-state index in [1.807, 2.05) is 35.7 Å². The summed E-state index contributed by atoms with van der Waals surface area (Å²) in [4.78, 5) is 12.1. The van der Waals surface area contributed by atoms with Crippen LogP contribution in [-0.2, 0) is 11.2 Å². The second-order valence-corrected chi connectivity index (χ2v) is 6.29. The first-order valence-electron chi connectivity index (χ1n) is 8.87. The molecule has 0 radical (unpaired) electrons. The molecule has 3 aromatic rings. The van der Waals surface area contributed by atoms with Crippen LogP contribution in [0.25, 0.3) is 11.7 Å². The standard InChI is InChI=1S/C20H21ClN4O3/c1-3-28-20-15(21)12-14(13-16(20)27-2)7-8-19(26)22-10-9-18-24-23-17-6-4-5-11-25(17)18/h4-8,11-13H,3,9-10H2,1-2H3,(H,22,26)/b8-7+. The van der Waals surface area contributed by atoms with E-state index in [0.717, 1.165) is 17.0 Å². The van der Waals surface area contributed by atoms with Crippen molar-refractivity contribution in [3.63, 3.8) is 0 Å². The van der Waals surface area contributed by atoms with E-state index in [2.05, 4.69) is 15.5 Å². The average Bonchev–Trinajstić information content (AvgIpc) is 3.11. The Morgan fingerprint density at radius 3 is 2.96 bits per heavy atom. The van der Waals surface area contributed by atoms with Crippen molar-refractivity contribution < 1.29 is 14.3 Å². The maximum absolute atomic E-state index is 12.1. The van der Waals surface area contributed by atoms with Crippen LogP contribution in [0.3, 0.4) is 0 Å².